The first-order chi connectivity index (χ1) is 27.2. The molecule has 56 heavy (non-hydrogen) atoms. The van der Waals surface area contributed by atoms with Crippen molar-refractivity contribution in [3.63, 3.8) is 0 Å². The fourth-order valence-electron chi connectivity index (χ4n) is 8.65. The van der Waals surface area contributed by atoms with Crippen molar-refractivity contribution in [1.29, 1.82) is 0 Å². The number of aliphatic carboxylic acids is 1. The second kappa shape index (κ2) is 53.4. The molecule has 3 nitrogen and oxygen atoms in total. The Labute approximate surface area is 376 Å². The van der Waals surface area contributed by atoms with E-state index in [1.807, 2.05) is 0 Å². The molecular weight excluding hydrogens is 694 g/mol. The van der Waals surface area contributed by atoms with Gasteiger partial charge in [-0.1, -0.05) is 277 Å². The average molecular weight is 798 g/mol. The fraction of sp³-hybridized carbons (Fsp3) is 0.981. The Morgan fingerprint density at radius 1 is 0.286 bits per heavy atom. The zero-order chi connectivity index (χ0) is 39.8. The van der Waals surface area contributed by atoms with Gasteiger partial charge in [0.2, 0.25) is 0 Å². The number of rotatable bonds is 50. The van der Waals surface area contributed by atoms with Crippen LogP contribution in [0.1, 0.15) is 309 Å². The molecule has 4 heteroatoms. The quantitative estimate of drug-likeness (QED) is 0.0455. The maximum absolute atomic E-state index is 10.8. The molecule has 0 saturated heterocycles. The third-order valence-corrected chi connectivity index (χ3v) is 12.5. The minimum absolute atomic E-state index is 0. The third-order valence-electron chi connectivity index (χ3n) is 12.5. The Balaban J connectivity index is 0. The van der Waals surface area contributed by atoms with Crippen LogP contribution in [0.2, 0.25) is 0 Å². The van der Waals surface area contributed by atoms with Crippen LogP contribution in [-0.4, -0.2) is 30.5 Å². The number of carbonyl (C=O) groups is 1. The second-order valence-electron chi connectivity index (χ2n) is 18.2. The van der Waals surface area contributed by atoms with E-state index >= 15 is 0 Å². The van der Waals surface area contributed by atoms with Crippen LogP contribution >= 0.6 is 0 Å². The molecule has 0 unspecified atom stereocenters. The number of carboxylic acid groups (broad SMARTS) is 1. The van der Waals surface area contributed by atoms with E-state index in [0.717, 1.165) is 25.8 Å². The summed E-state index contributed by atoms with van der Waals surface area (Å²) in [4.78, 5) is 13.5. The summed E-state index contributed by atoms with van der Waals surface area (Å²) in [5, 5.41) is 10.8. The molecule has 0 aromatic heterocycles. The summed E-state index contributed by atoms with van der Waals surface area (Å²) in [5.41, 5.74) is 0. The van der Waals surface area contributed by atoms with Crippen molar-refractivity contribution in [3.05, 3.63) is 0 Å². The van der Waals surface area contributed by atoms with Gasteiger partial charge < -0.3 is 14.8 Å². The first-order valence-corrected chi connectivity index (χ1v) is 26.1. The van der Waals surface area contributed by atoms with Crippen molar-refractivity contribution in [2.45, 2.75) is 309 Å². The monoisotopic (exact) mass is 798 g/mol. The molecule has 0 fully saturated rings. The summed E-state index contributed by atoms with van der Waals surface area (Å²) in [6.07, 6.45) is 63.6. The first kappa shape index (κ1) is 58.5. The average Bonchev–Trinajstić information content (AvgIpc) is 3.18. The minimum Gasteiger partial charge on any atom is -0.550 e. The Hall–Kier alpha value is 0.430. The van der Waals surface area contributed by atoms with Gasteiger partial charge in [-0.15, -0.1) is 0 Å². The Kier molecular flexibility index (Phi) is 55.9. The summed E-state index contributed by atoms with van der Waals surface area (Å²) >= 11 is 0. The van der Waals surface area contributed by atoms with Gasteiger partial charge in [0.05, 0.1) is 0 Å². The number of nitrogens with zero attached hydrogens (tertiary/aromatic N) is 1. The van der Waals surface area contributed by atoms with E-state index in [-0.39, 0.29) is 36.0 Å². The molecule has 0 heterocycles. The van der Waals surface area contributed by atoms with Crippen molar-refractivity contribution in [2.24, 2.45) is 0 Å². The van der Waals surface area contributed by atoms with Crippen LogP contribution in [0, 0.1) is 0 Å². The van der Waals surface area contributed by atoms with Crippen molar-refractivity contribution in [3.8, 4) is 0 Å². The zero-order valence-electron chi connectivity index (χ0n) is 39.4. The van der Waals surface area contributed by atoms with Crippen LogP contribution in [0.3, 0.4) is 0 Å². The van der Waals surface area contributed by atoms with E-state index in [9.17, 15) is 9.90 Å². The molecule has 0 spiro atoms. The maximum atomic E-state index is 10.8. The van der Waals surface area contributed by atoms with Crippen molar-refractivity contribution < 1.29 is 39.5 Å². The van der Waals surface area contributed by atoms with Crippen molar-refractivity contribution in [2.75, 3.05) is 19.6 Å². The normalized spacial score (nSPS) is 11.5. The zero-order valence-corrected chi connectivity index (χ0v) is 41.4. The summed E-state index contributed by atoms with van der Waals surface area (Å²) in [6, 6.07) is 0. The molecule has 0 rings (SSSR count). The molecule has 0 atom stereocenters. The van der Waals surface area contributed by atoms with E-state index in [2.05, 4.69) is 18.7 Å². The van der Waals surface area contributed by atoms with Crippen molar-refractivity contribution >= 4 is 5.97 Å². The topological polar surface area (TPSA) is 43.4 Å². The molecule has 0 aromatic carbocycles. The van der Waals surface area contributed by atoms with Gasteiger partial charge in [0.25, 0.3) is 0 Å². The molecule has 0 aromatic rings. The van der Waals surface area contributed by atoms with Gasteiger partial charge in [-0.05, 0) is 51.7 Å². The van der Waals surface area contributed by atoms with Crippen LogP contribution < -0.4 is 34.7 Å². The maximum Gasteiger partial charge on any atom is 1.00 e. The fourth-order valence-corrected chi connectivity index (χ4v) is 8.65. The number of hydrogen-bond acceptors (Lipinski definition) is 3. The summed E-state index contributed by atoms with van der Waals surface area (Å²) in [5.74, 6) is -0.893. The van der Waals surface area contributed by atoms with Crippen LogP contribution in [0.25, 0.3) is 0 Å². The van der Waals surface area contributed by atoms with Crippen LogP contribution in [-0.2, 0) is 4.79 Å². The van der Waals surface area contributed by atoms with E-state index < -0.39 is 5.97 Å². The largest absolute Gasteiger partial charge is 1.00 e. The molecule has 0 aliphatic carbocycles. The first-order valence-electron chi connectivity index (χ1n) is 26.1. The van der Waals surface area contributed by atoms with Gasteiger partial charge in [-0.25, -0.2) is 0 Å². The predicted octanol–water partition coefficient (Wildman–Crippen LogP) is 14.0. The second-order valence-corrected chi connectivity index (χ2v) is 18.2. The van der Waals surface area contributed by atoms with Gasteiger partial charge in [0.1, 0.15) is 0 Å². The summed E-state index contributed by atoms with van der Waals surface area (Å²) in [7, 11) is 0. The van der Waals surface area contributed by atoms with E-state index in [4.69, 9.17) is 0 Å². The number of carbonyl (C=O) groups excluding carboxylic acids is 1. The van der Waals surface area contributed by atoms with Gasteiger partial charge in [-0.2, -0.15) is 0 Å². The molecule has 0 aliphatic heterocycles. The summed E-state index contributed by atoms with van der Waals surface area (Å²) < 4.78 is 0. The Morgan fingerprint density at radius 3 is 0.625 bits per heavy atom. The molecule has 0 bridgehead atoms. The number of carboxylic acids is 1. The van der Waals surface area contributed by atoms with E-state index in [1.54, 1.807) is 0 Å². The van der Waals surface area contributed by atoms with Gasteiger partial charge >= 0.3 is 29.6 Å². The molecule has 330 valence electrons. The van der Waals surface area contributed by atoms with Crippen LogP contribution in [0.4, 0.5) is 0 Å². The van der Waals surface area contributed by atoms with Gasteiger partial charge in [0.15, 0.2) is 0 Å². The van der Waals surface area contributed by atoms with Crippen LogP contribution in [0.5, 0.6) is 0 Å². The number of unbranched alkanes of at least 4 members (excludes halogenated alkanes) is 42. The van der Waals surface area contributed by atoms with E-state index in [1.165, 1.54) is 283 Å². The SMILES string of the molecule is CCCCCCCCCCCCCCCCCCCCCCCN(CCCCCCCCCCCCCCCCCCCCCCC)CCCCCC(=O)[O-].[Na+]. The summed E-state index contributed by atoms with van der Waals surface area (Å²) in [6.45, 7) is 8.22. The molecule has 0 amide bonds. The molecule has 0 radical (unpaired) electrons. The minimum atomic E-state index is -0.893. The predicted molar refractivity (Wildman–Crippen MR) is 245 cm³/mol. The smallest absolute Gasteiger partial charge is 0.550 e. The van der Waals surface area contributed by atoms with Gasteiger partial charge in [0, 0.05) is 5.97 Å². The van der Waals surface area contributed by atoms with Gasteiger partial charge in [-0.3, -0.25) is 0 Å². The van der Waals surface area contributed by atoms with Crippen molar-refractivity contribution in [1.82, 2.24) is 4.90 Å². The Morgan fingerprint density at radius 2 is 0.446 bits per heavy atom. The molecule has 0 aliphatic rings. The van der Waals surface area contributed by atoms with Crippen LogP contribution in [0.15, 0.2) is 0 Å². The molecule has 0 saturated carbocycles. The Bertz CT molecular complexity index is 656. The standard InChI is InChI=1S/C52H105NO2.Na/c1-3-5-7-9-11-13-15-17-19-21-23-25-27-29-31-33-35-37-39-41-45-49-53(51-47-43-44-48-52(54)55)50-46-42-40-38-36-34-32-30-28-26-24-22-20-18-16-14-12-10-8-6-4-2;/h3-51H2,1-2H3,(H,54,55);/q;+1/p-1. The third kappa shape index (κ3) is 52.4. The molecular formula is C52H104NNaO2. The number of hydrogen-bond donors (Lipinski definition) is 0. The van der Waals surface area contributed by atoms with E-state index in [0.29, 0.717) is 0 Å². The molecule has 0 N–H and O–H groups in total.